The molecule has 1 heterocycles. The van der Waals surface area contributed by atoms with E-state index < -0.39 is 11.6 Å². The van der Waals surface area contributed by atoms with Gasteiger partial charge < -0.3 is 26.4 Å². The Kier molecular flexibility index (Phi) is 5.17. The quantitative estimate of drug-likeness (QED) is 0.480. The van der Waals surface area contributed by atoms with Gasteiger partial charge in [0.25, 0.3) is 5.91 Å². The zero-order chi connectivity index (χ0) is 18.0. The maximum Gasteiger partial charge on any atom is 0.315 e. The average molecular weight is 352 g/mol. The molecule has 1 aliphatic heterocycles. The van der Waals surface area contributed by atoms with E-state index in [-0.39, 0.29) is 29.9 Å². The van der Waals surface area contributed by atoms with Crippen molar-refractivity contribution in [1.82, 2.24) is 21.3 Å². The van der Waals surface area contributed by atoms with Gasteiger partial charge in [-0.3, -0.25) is 9.59 Å². The summed E-state index contributed by atoms with van der Waals surface area (Å²) < 4.78 is 0. The molecule has 0 bridgehead atoms. The number of aliphatic hydroxyl groups is 1. The summed E-state index contributed by atoms with van der Waals surface area (Å²) in [7, 11) is 0. The third-order valence-corrected chi connectivity index (χ3v) is 5.73. The molecule has 0 radical (unpaired) electrons. The van der Waals surface area contributed by atoms with Crippen molar-refractivity contribution in [2.45, 2.75) is 75.6 Å². The van der Waals surface area contributed by atoms with Crippen molar-refractivity contribution < 1.29 is 19.5 Å². The number of urea groups is 1. The molecule has 0 spiro atoms. The maximum atomic E-state index is 12.5. The Morgan fingerprint density at radius 2 is 1.76 bits per heavy atom. The van der Waals surface area contributed by atoms with Gasteiger partial charge in [-0.2, -0.15) is 0 Å². The number of carbonyl (C=O) groups is 3. The topological polar surface area (TPSA) is 120 Å². The Labute approximate surface area is 147 Å². The van der Waals surface area contributed by atoms with E-state index in [0.717, 1.165) is 25.7 Å². The molecular weight excluding hydrogens is 324 g/mol. The predicted molar refractivity (Wildman–Crippen MR) is 90.6 cm³/mol. The molecule has 0 aromatic heterocycles. The average Bonchev–Trinajstić information content (AvgIpc) is 3.19. The number of nitrogens with one attached hydrogen (secondary N) is 4. The first-order valence-electron chi connectivity index (χ1n) is 9.24. The van der Waals surface area contributed by atoms with Crippen LogP contribution in [0.15, 0.2) is 0 Å². The highest BCUT2D eigenvalue weighted by Gasteiger charge is 2.40. The highest BCUT2D eigenvalue weighted by Crippen LogP contribution is 2.32. The minimum Gasteiger partial charge on any atom is -0.380 e. The van der Waals surface area contributed by atoms with Crippen LogP contribution in [0.4, 0.5) is 4.79 Å². The van der Waals surface area contributed by atoms with Crippen molar-refractivity contribution in [2.24, 2.45) is 5.92 Å². The van der Waals surface area contributed by atoms with Gasteiger partial charge in [0.15, 0.2) is 0 Å². The fourth-order valence-electron chi connectivity index (χ4n) is 3.95. The van der Waals surface area contributed by atoms with Gasteiger partial charge in [-0.05, 0) is 50.9 Å². The van der Waals surface area contributed by atoms with Gasteiger partial charge in [0, 0.05) is 18.6 Å². The van der Waals surface area contributed by atoms with Gasteiger partial charge in [0.2, 0.25) is 5.91 Å². The molecule has 8 nitrogen and oxygen atoms in total. The molecule has 1 saturated heterocycles. The summed E-state index contributed by atoms with van der Waals surface area (Å²) in [6.45, 7) is 2.44. The number of hydrogen-bond donors (Lipinski definition) is 5. The molecule has 0 aromatic rings. The van der Waals surface area contributed by atoms with Crippen molar-refractivity contribution in [2.75, 3.05) is 6.54 Å². The lowest BCUT2D eigenvalue weighted by Crippen LogP contribution is -2.52. The normalized spacial score (nSPS) is 37.9. The van der Waals surface area contributed by atoms with E-state index in [1.54, 1.807) is 0 Å². The lowest BCUT2D eigenvalue weighted by molar-refractivity contribution is -0.144. The maximum absolute atomic E-state index is 12.5. The largest absolute Gasteiger partial charge is 0.380 e. The number of hydrogen-bond acceptors (Lipinski definition) is 4. The summed E-state index contributed by atoms with van der Waals surface area (Å²) >= 11 is 0. The SMILES string of the molecule is CC1CCC(O)(C(=O)N[C@@H]2CC[C@H](NC(=O)[C@H]3CNC(=O)N3)C2)CC1. The number of carbonyl (C=O) groups excluding carboxylic acids is 3. The van der Waals surface area contributed by atoms with Crippen LogP contribution in [0.5, 0.6) is 0 Å². The third-order valence-electron chi connectivity index (χ3n) is 5.73. The fourth-order valence-corrected chi connectivity index (χ4v) is 3.95. The van der Waals surface area contributed by atoms with Crippen LogP contribution >= 0.6 is 0 Å². The molecule has 140 valence electrons. The molecule has 2 saturated carbocycles. The van der Waals surface area contributed by atoms with Crippen molar-refractivity contribution in [1.29, 1.82) is 0 Å². The molecule has 3 fully saturated rings. The van der Waals surface area contributed by atoms with E-state index in [4.69, 9.17) is 0 Å². The second-order valence-corrected chi connectivity index (χ2v) is 7.81. The van der Waals surface area contributed by atoms with Gasteiger partial charge >= 0.3 is 6.03 Å². The molecule has 3 aliphatic rings. The second-order valence-electron chi connectivity index (χ2n) is 7.81. The first-order chi connectivity index (χ1) is 11.9. The minimum absolute atomic E-state index is 0.0173. The van der Waals surface area contributed by atoms with Crippen LogP contribution in [0.1, 0.15) is 51.9 Å². The lowest BCUT2D eigenvalue weighted by Gasteiger charge is -2.34. The summed E-state index contributed by atoms with van der Waals surface area (Å²) in [5.41, 5.74) is -1.24. The van der Waals surface area contributed by atoms with Gasteiger partial charge in [-0.1, -0.05) is 6.92 Å². The Morgan fingerprint density at radius 3 is 2.36 bits per heavy atom. The standard InChI is InChI=1S/C17H28N4O4/c1-10-4-6-17(25,7-5-10)15(23)20-12-3-2-11(8-12)19-14(22)13-9-18-16(24)21-13/h10-13,25H,2-9H2,1H3,(H,19,22)(H,20,23)(H2,18,21,24)/t10?,11-,12+,13+,17?/m0/s1. The minimum atomic E-state index is -1.24. The smallest absolute Gasteiger partial charge is 0.315 e. The summed E-state index contributed by atoms with van der Waals surface area (Å²) in [6, 6.07) is -0.911. The molecule has 8 heteroatoms. The van der Waals surface area contributed by atoms with E-state index in [1.165, 1.54) is 0 Å². The molecule has 25 heavy (non-hydrogen) atoms. The summed E-state index contributed by atoms with van der Waals surface area (Å²) in [4.78, 5) is 35.7. The van der Waals surface area contributed by atoms with Gasteiger partial charge in [-0.25, -0.2) is 4.79 Å². The zero-order valence-electron chi connectivity index (χ0n) is 14.6. The molecule has 0 unspecified atom stereocenters. The van der Waals surface area contributed by atoms with Crippen LogP contribution < -0.4 is 21.3 Å². The van der Waals surface area contributed by atoms with Crippen molar-refractivity contribution in [3.63, 3.8) is 0 Å². The molecule has 5 N–H and O–H groups in total. The van der Waals surface area contributed by atoms with Crippen LogP contribution in [-0.2, 0) is 9.59 Å². The lowest BCUT2D eigenvalue weighted by atomic mass is 9.79. The van der Waals surface area contributed by atoms with Crippen molar-refractivity contribution >= 4 is 17.8 Å². The predicted octanol–water partition coefficient (Wildman–Crippen LogP) is -0.237. The summed E-state index contributed by atoms with van der Waals surface area (Å²) in [5, 5.41) is 21.6. The van der Waals surface area contributed by atoms with Crippen molar-refractivity contribution in [3.8, 4) is 0 Å². The highest BCUT2D eigenvalue weighted by atomic mass is 16.3. The van der Waals surface area contributed by atoms with Crippen LogP contribution in [-0.4, -0.2) is 53.2 Å². The molecular formula is C17H28N4O4. The van der Waals surface area contributed by atoms with E-state index in [1.807, 2.05) is 0 Å². The third kappa shape index (κ3) is 4.23. The number of amides is 4. The Hall–Kier alpha value is -1.83. The molecule has 2 aliphatic carbocycles. The van der Waals surface area contributed by atoms with Crippen LogP contribution in [0.2, 0.25) is 0 Å². The van der Waals surface area contributed by atoms with E-state index in [2.05, 4.69) is 28.2 Å². The zero-order valence-corrected chi connectivity index (χ0v) is 14.6. The van der Waals surface area contributed by atoms with Crippen LogP contribution in [0, 0.1) is 5.92 Å². The van der Waals surface area contributed by atoms with Gasteiger partial charge in [0.1, 0.15) is 11.6 Å². The van der Waals surface area contributed by atoms with Crippen molar-refractivity contribution in [3.05, 3.63) is 0 Å². The summed E-state index contributed by atoms with van der Waals surface area (Å²) in [5.74, 6) is 0.0866. The Balaban J connectivity index is 1.44. The monoisotopic (exact) mass is 352 g/mol. The Morgan fingerprint density at radius 1 is 1.12 bits per heavy atom. The van der Waals surface area contributed by atoms with E-state index >= 15 is 0 Å². The van der Waals surface area contributed by atoms with E-state index in [9.17, 15) is 19.5 Å². The highest BCUT2D eigenvalue weighted by molar-refractivity contribution is 5.90. The van der Waals surface area contributed by atoms with E-state index in [0.29, 0.717) is 31.7 Å². The molecule has 3 rings (SSSR count). The molecule has 0 aromatic carbocycles. The molecule has 3 atom stereocenters. The molecule has 4 amide bonds. The second kappa shape index (κ2) is 7.19. The summed E-state index contributed by atoms with van der Waals surface area (Å²) in [6.07, 6.45) is 4.97. The van der Waals surface area contributed by atoms with Crippen LogP contribution in [0.3, 0.4) is 0 Å². The van der Waals surface area contributed by atoms with Crippen LogP contribution in [0.25, 0.3) is 0 Å². The van der Waals surface area contributed by atoms with Gasteiger partial charge in [-0.15, -0.1) is 0 Å². The first-order valence-corrected chi connectivity index (χ1v) is 9.24. The Bertz CT molecular complexity index is 545. The fraction of sp³-hybridized carbons (Fsp3) is 0.824. The van der Waals surface area contributed by atoms with Gasteiger partial charge in [0.05, 0.1) is 0 Å². The number of rotatable bonds is 4. The first kappa shape index (κ1) is 18.0.